The summed E-state index contributed by atoms with van der Waals surface area (Å²) in [6, 6.07) is 13.0. The van der Waals surface area contributed by atoms with E-state index in [4.69, 9.17) is 0 Å². The largest absolute Gasteiger partial charge is 0.508 e. The number of rotatable bonds is 3. The molecule has 3 aromatic carbocycles. The fourth-order valence-corrected chi connectivity index (χ4v) is 2.81. The Kier molecular flexibility index (Phi) is 3.90. The van der Waals surface area contributed by atoms with Crippen molar-refractivity contribution in [2.75, 3.05) is 0 Å². The zero-order chi connectivity index (χ0) is 18.2. The molecule has 6 N–H and O–H groups in total. The predicted molar refractivity (Wildman–Crippen MR) is 89.8 cm³/mol. The average molecular weight is 340 g/mol. The van der Waals surface area contributed by atoms with Crippen LogP contribution in [0.4, 0.5) is 0 Å². The molecule has 0 spiro atoms. The van der Waals surface area contributed by atoms with Gasteiger partial charge in [-0.25, -0.2) is 0 Å². The highest BCUT2D eigenvalue weighted by Gasteiger charge is 2.38. The van der Waals surface area contributed by atoms with Crippen LogP contribution in [0, 0.1) is 0 Å². The normalized spacial score (nSPS) is 11.4. The molecule has 0 unspecified atom stereocenters. The fourth-order valence-electron chi connectivity index (χ4n) is 2.81. The third-order valence-corrected chi connectivity index (χ3v) is 4.03. The Hall–Kier alpha value is -3.38. The van der Waals surface area contributed by atoms with E-state index in [1.165, 1.54) is 48.5 Å². The highest BCUT2D eigenvalue weighted by atomic mass is 16.3. The number of hydrogen-bond acceptors (Lipinski definition) is 6. The molecule has 0 aromatic heterocycles. The van der Waals surface area contributed by atoms with Crippen molar-refractivity contribution in [3.05, 3.63) is 77.4 Å². The van der Waals surface area contributed by atoms with Crippen molar-refractivity contribution in [1.82, 2.24) is 0 Å². The van der Waals surface area contributed by atoms with Crippen LogP contribution in [0.15, 0.2) is 60.7 Å². The van der Waals surface area contributed by atoms with Gasteiger partial charge in [0.1, 0.15) is 34.3 Å². The summed E-state index contributed by atoms with van der Waals surface area (Å²) >= 11 is 0. The first-order valence-electron chi connectivity index (χ1n) is 7.39. The van der Waals surface area contributed by atoms with E-state index in [0.717, 1.165) is 12.1 Å². The van der Waals surface area contributed by atoms with Crippen molar-refractivity contribution in [1.29, 1.82) is 0 Å². The van der Waals surface area contributed by atoms with Gasteiger partial charge in [-0.05, 0) is 42.0 Å². The molecule has 0 saturated heterocycles. The van der Waals surface area contributed by atoms with Crippen LogP contribution in [-0.2, 0) is 5.60 Å². The Labute approximate surface area is 143 Å². The molecule has 0 amide bonds. The van der Waals surface area contributed by atoms with Crippen molar-refractivity contribution in [2.45, 2.75) is 5.60 Å². The quantitative estimate of drug-likeness (QED) is 0.407. The van der Waals surface area contributed by atoms with Crippen LogP contribution < -0.4 is 0 Å². The van der Waals surface area contributed by atoms with Gasteiger partial charge in [-0.15, -0.1) is 0 Å². The van der Waals surface area contributed by atoms with Crippen molar-refractivity contribution >= 4 is 0 Å². The minimum atomic E-state index is -2.00. The van der Waals surface area contributed by atoms with Gasteiger partial charge in [0.05, 0.1) is 0 Å². The molecule has 0 heterocycles. The van der Waals surface area contributed by atoms with Crippen LogP contribution in [-0.4, -0.2) is 30.6 Å². The third kappa shape index (κ3) is 2.79. The van der Waals surface area contributed by atoms with E-state index in [9.17, 15) is 30.6 Å². The maximum absolute atomic E-state index is 11.5. The van der Waals surface area contributed by atoms with Crippen LogP contribution in [0.2, 0.25) is 0 Å². The van der Waals surface area contributed by atoms with E-state index in [2.05, 4.69) is 0 Å². The molecule has 0 bridgehead atoms. The standard InChI is InChI=1S/C19H16O6/c20-12-3-1-11(2-4-12)19(25,15-7-5-13(21)9-17(15)23)16-8-6-14(22)10-18(16)24/h1-10,20-25H. The molecule has 0 aliphatic rings. The lowest BCUT2D eigenvalue weighted by atomic mass is 9.79. The van der Waals surface area contributed by atoms with Gasteiger partial charge in [0, 0.05) is 23.3 Å². The highest BCUT2D eigenvalue weighted by molar-refractivity contribution is 5.58. The van der Waals surface area contributed by atoms with E-state index < -0.39 is 5.60 Å². The minimum Gasteiger partial charge on any atom is -0.508 e. The number of aromatic hydroxyl groups is 5. The third-order valence-electron chi connectivity index (χ3n) is 4.03. The molecular formula is C19H16O6. The molecule has 0 atom stereocenters. The fraction of sp³-hybridized carbons (Fsp3) is 0.0526. The number of phenols is 5. The Morgan fingerprint density at radius 2 is 0.920 bits per heavy atom. The molecule has 128 valence electrons. The van der Waals surface area contributed by atoms with E-state index in [1.807, 2.05) is 0 Å². The van der Waals surface area contributed by atoms with Gasteiger partial charge in [0.15, 0.2) is 0 Å². The monoisotopic (exact) mass is 340 g/mol. The first-order valence-corrected chi connectivity index (χ1v) is 7.39. The first-order chi connectivity index (χ1) is 11.8. The summed E-state index contributed by atoms with van der Waals surface area (Å²) in [4.78, 5) is 0. The van der Waals surface area contributed by atoms with E-state index in [-0.39, 0.29) is 45.4 Å². The van der Waals surface area contributed by atoms with Crippen molar-refractivity contribution in [3.8, 4) is 28.7 Å². The van der Waals surface area contributed by atoms with Gasteiger partial charge >= 0.3 is 0 Å². The predicted octanol–water partition coefficient (Wildman–Crippen LogP) is 2.50. The zero-order valence-electron chi connectivity index (χ0n) is 13.0. The number of benzene rings is 3. The number of phenolic OH excluding ortho intramolecular Hbond substituents is 5. The highest BCUT2D eigenvalue weighted by Crippen LogP contribution is 2.45. The maximum Gasteiger partial charge on any atom is 0.147 e. The topological polar surface area (TPSA) is 121 Å². The molecule has 0 radical (unpaired) electrons. The van der Waals surface area contributed by atoms with Crippen LogP contribution in [0.1, 0.15) is 16.7 Å². The van der Waals surface area contributed by atoms with E-state index >= 15 is 0 Å². The summed E-state index contributed by atoms with van der Waals surface area (Å²) in [6.07, 6.45) is 0. The van der Waals surface area contributed by atoms with Crippen LogP contribution >= 0.6 is 0 Å². The summed E-state index contributed by atoms with van der Waals surface area (Å²) in [5.41, 5.74) is -1.72. The molecular weight excluding hydrogens is 324 g/mol. The van der Waals surface area contributed by atoms with Gasteiger partial charge in [-0.1, -0.05) is 12.1 Å². The summed E-state index contributed by atoms with van der Waals surface area (Å²) in [5.74, 6) is -1.17. The lowest BCUT2D eigenvalue weighted by molar-refractivity contribution is 0.119. The van der Waals surface area contributed by atoms with E-state index in [1.54, 1.807) is 0 Å². The van der Waals surface area contributed by atoms with Gasteiger partial charge in [-0.3, -0.25) is 0 Å². The van der Waals surface area contributed by atoms with Crippen molar-refractivity contribution in [3.63, 3.8) is 0 Å². The first kappa shape index (κ1) is 16.5. The van der Waals surface area contributed by atoms with Gasteiger partial charge in [0.25, 0.3) is 0 Å². The Bertz CT molecular complexity index is 866. The van der Waals surface area contributed by atoms with Gasteiger partial charge < -0.3 is 30.6 Å². The second-order valence-electron chi connectivity index (χ2n) is 5.66. The molecule has 6 nitrogen and oxygen atoms in total. The molecule has 3 rings (SSSR count). The summed E-state index contributed by atoms with van der Waals surface area (Å²) < 4.78 is 0. The Morgan fingerprint density at radius 3 is 1.32 bits per heavy atom. The Balaban J connectivity index is 2.33. The molecule has 3 aromatic rings. The zero-order valence-corrected chi connectivity index (χ0v) is 13.0. The second-order valence-corrected chi connectivity index (χ2v) is 5.66. The lowest BCUT2D eigenvalue weighted by Crippen LogP contribution is -2.29. The number of aliphatic hydroxyl groups is 1. The maximum atomic E-state index is 11.5. The SMILES string of the molecule is Oc1ccc(C(O)(c2ccc(O)cc2O)c2ccc(O)cc2O)cc1. The summed E-state index contributed by atoms with van der Waals surface area (Å²) in [7, 11) is 0. The van der Waals surface area contributed by atoms with Crippen LogP contribution in [0.25, 0.3) is 0 Å². The molecule has 0 fully saturated rings. The van der Waals surface area contributed by atoms with Crippen LogP contribution in [0.5, 0.6) is 28.7 Å². The molecule has 0 aliphatic carbocycles. The second kappa shape index (κ2) is 5.92. The van der Waals surface area contributed by atoms with Gasteiger partial charge in [-0.2, -0.15) is 0 Å². The van der Waals surface area contributed by atoms with Crippen molar-refractivity contribution in [2.24, 2.45) is 0 Å². The summed E-state index contributed by atoms with van der Waals surface area (Å²) in [6.45, 7) is 0. The van der Waals surface area contributed by atoms with Crippen molar-refractivity contribution < 1.29 is 30.6 Å². The lowest BCUT2D eigenvalue weighted by Gasteiger charge is -2.31. The Morgan fingerprint density at radius 1 is 0.520 bits per heavy atom. The molecule has 25 heavy (non-hydrogen) atoms. The number of hydrogen-bond donors (Lipinski definition) is 6. The molecule has 6 heteroatoms. The molecule has 0 saturated carbocycles. The summed E-state index contributed by atoms with van der Waals surface area (Å²) in [5, 5.41) is 60.5. The smallest absolute Gasteiger partial charge is 0.147 e. The molecule has 0 aliphatic heterocycles. The average Bonchev–Trinajstić information content (AvgIpc) is 2.54. The van der Waals surface area contributed by atoms with Gasteiger partial charge in [0.2, 0.25) is 0 Å². The minimum absolute atomic E-state index is 0.0111. The van der Waals surface area contributed by atoms with Crippen LogP contribution in [0.3, 0.4) is 0 Å². The van der Waals surface area contributed by atoms with E-state index in [0.29, 0.717) is 0 Å².